The van der Waals surface area contributed by atoms with Gasteiger partial charge in [0.15, 0.2) is 5.82 Å². The van der Waals surface area contributed by atoms with Crippen molar-refractivity contribution < 1.29 is 4.52 Å². The first kappa shape index (κ1) is 11.4. The second kappa shape index (κ2) is 4.41. The molecular formula is C11H20N4O. The molecule has 1 saturated carbocycles. The van der Waals surface area contributed by atoms with Gasteiger partial charge in [-0.25, -0.2) is 0 Å². The number of hydrogen-bond donors (Lipinski definition) is 1. The molecule has 1 aromatic rings. The van der Waals surface area contributed by atoms with E-state index in [4.69, 9.17) is 4.52 Å². The van der Waals surface area contributed by atoms with Gasteiger partial charge in [0.25, 0.3) is 0 Å². The van der Waals surface area contributed by atoms with Crippen molar-refractivity contribution in [2.24, 2.45) is 0 Å². The van der Waals surface area contributed by atoms with E-state index in [1.807, 2.05) is 6.92 Å². The third-order valence-electron chi connectivity index (χ3n) is 3.58. The normalized spacial score (nSPS) is 19.2. The van der Waals surface area contributed by atoms with Crippen molar-refractivity contribution in [2.45, 2.75) is 38.1 Å². The zero-order valence-corrected chi connectivity index (χ0v) is 10.3. The topological polar surface area (TPSA) is 54.2 Å². The van der Waals surface area contributed by atoms with E-state index in [9.17, 15) is 0 Å². The Labute approximate surface area is 96.2 Å². The molecule has 1 aromatic heterocycles. The van der Waals surface area contributed by atoms with Crippen molar-refractivity contribution in [3.05, 3.63) is 5.82 Å². The zero-order valence-electron chi connectivity index (χ0n) is 10.3. The second-order valence-electron chi connectivity index (χ2n) is 4.83. The summed E-state index contributed by atoms with van der Waals surface area (Å²) in [6, 6.07) is 0.533. The highest BCUT2D eigenvalue weighted by Crippen LogP contribution is 2.33. The van der Waals surface area contributed by atoms with Crippen molar-refractivity contribution >= 4 is 6.01 Å². The summed E-state index contributed by atoms with van der Waals surface area (Å²) in [5.41, 5.74) is 0.252. The van der Waals surface area contributed by atoms with E-state index in [0.29, 0.717) is 11.8 Å². The first-order chi connectivity index (χ1) is 7.62. The van der Waals surface area contributed by atoms with Crippen LogP contribution in [0.5, 0.6) is 0 Å². The minimum absolute atomic E-state index is 0.252. The van der Waals surface area contributed by atoms with Gasteiger partial charge < -0.3 is 14.7 Å². The lowest BCUT2D eigenvalue weighted by atomic mass is 9.96. The van der Waals surface area contributed by atoms with Crippen LogP contribution in [-0.2, 0) is 0 Å². The average Bonchev–Trinajstić information content (AvgIpc) is 2.84. The van der Waals surface area contributed by atoms with Crippen LogP contribution >= 0.6 is 0 Å². The number of nitrogens with one attached hydrogen (secondary N) is 1. The molecule has 90 valence electrons. The number of aryl methyl sites for hydroxylation is 1. The highest BCUT2D eigenvalue weighted by Gasteiger charge is 2.35. The third kappa shape index (κ3) is 2.19. The highest BCUT2D eigenvalue weighted by atomic mass is 16.5. The van der Waals surface area contributed by atoms with Gasteiger partial charge in [-0.2, -0.15) is 4.98 Å². The van der Waals surface area contributed by atoms with Crippen molar-refractivity contribution in [1.82, 2.24) is 15.0 Å². The molecule has 0 aromatic carbocycles. The summed E-state index contributed by atoms with van der Waals surface area (Å²) in [5.74, 6) is 0.674. The summed E-state index contributed by atoms with van der Waals surface area (Å²) in [6.07, 6.45) is 5.09. The lowest BCUT2D eigenvalue weighted by Crippen LogP contribution is -2.47. The van der Waals surface area contributed by atoms with Gasteiger partial charge in [-0.1, -0.05) is 18.0 Å². The van der Waals surface area contributed by atoms with E-state index < -0.39 is 0 Å². The molecule has 0 bridgehead atoms. The first-order valence-corrected chi connectivity index (χ1v) is 5.84. The van der Waals surface area contributed by atoms with E-state index in [-0.39, 0.29) is 5.54 Å². The van der Waals surface area contributed by atoms with Crippen molar-refractivity contribution in [2.75, 3.05) is 26.0 Å². The van der Waals surface area contributed by atoms with Gasteiger partial charge in [-0.05, 0) is 33.9 Å². The molecule has 0 unspecified atom stereocenters. The van der Waals surface area contributed by atoms with Crippen molar-refractivity contribution in [3.63, 3.8) is 0 Å². The van der Waals surface area contributed by atoms with Gasteiger partial charge in [-0.15, -0.1) is 0 Å². The predicted molar refractivity (Wildman–Crippen MR) is 62.4 cm³/mol. The van der Waals surface area contributed by atoms with Crippen LogP contribution in [0.3, 0.4) is 0 Å². The van der Waals surface area contributed by atoms with E-state index in [1.165, 1.54) is 25.7 Å². The number of hydrogen-bond acceptors (Lipinski definition) is 5. The molecule has 2 rings (SSSR count). The Hall–Kier alpha value is -1.10. The summed E-state index contributed by atoms with van der Waals surface area (Å²) in [4.78, 5) is 6.47. The summed E-state index contributed by atoms with van der Waals surface area (Å²) >= 11 is 0. The van der Waals surface area contributed by atoms with Crippen molar-refractivity contribution in [1.29, 1.82) is 0 Å². The smallest absolute Gasteiger partial charge is 0.321 e. The molecular weight excluding hydrogens is 204 g/mol. The molecule has 5 heteroatoms. The van der Waals surface area contributed by atoms with Crippen LogP contribution in [0.4, 0.5) is 6.01 Å². The Balaban J connectivity index is 1.97. The standard InChI is InChI=1S/C11H20N4O/c1-9-13-10(16-14-9)12-8-11(15(2)3)6-4-5-7-11/h4-8H2,1-3H3,(H,12,13,14). The molecule has 0 aliphatic heterocycles. The molecule has 1 heterocycles. The molecule has 0 spiro atoms. The van der Waals surface area contributed by atoms with E-state index in [2.05, 4.69) is 34.5 Å². The quantitative estimate of drug-likeness (QED) is 0.843. The Morgan fingerprint density at radius 3 is 2.56 bits per heavy atom. The molecule has 16 heavy (non-hydrogen) atoms. The molecule has 0 saturated heterocycles. The Morgan fingerprint density at radius 1 is 1.38 bits per heavy atom. The van der Waals surface area contributed by atoms with Crippen LogP contribution in [0.1, 0.15) is 31.5 Å². The lowest BCUT2D eigenvalue weighted by Gasteiger charge is -2.36. The predicted octanol–water partition coefficient (Wildman–Crippen LogP) is 1.66. The molecule has 0 radical (unpaired) electrons. The molecule has 1 aliphatic carbocycles. The van der Waals surface area contributed by atoms with Gasteiger partial charge in [0.2, 0.25) is 0 Å². The second-order valence-corrected chi connectivity index (χ2v) is 4.83. The van der Waals surface area contributed by atoms with E-state index in [0.717, 1.165) is 6.54 Å². The number of rotatable bonds is 4. The van der Waals surface area contributed by atoms with Crippen LogP contribution in [0, 0.1) is 6.92 Å². The largest absolute Gasteiger partial charge is 0.336 e. The zero-order chi connectivity index (χ0) is 11.6. The Morgan fingerprint density at radius 2 is 2.06 bits per heavy atom. The monoisotopic (exact) mass is 224 g/mol. The third-order valence-corrected chi connectivity index (χ3v) is 3.58. The average molecular weight is 224 g/mol. The van der Waals surface area contributed by atoms with Crippen LogP contribution < -0.4 is 5.32 Å². The lowest BCUT2D eigenvalue weighted by molar-refractivity contribution is 0.171. The van der Waals surface area contributed by atoms with Gasteiger partial charge in [0.05, 0.1) is 0 Å². The fourth-order valence-electron chi connectivity index (χ4n) is 2.42. The maximum absolute atomic E-state index is 5.06. The molecule has 1 N–H and O–H groups in total. The molecule has 5 nitrogen and oxygen atoms in total. The van der Waals surface area contributed by atoms with Gasteiger partial charge >= 0.3 is 6.01 Å². The molecule has 1 fully saturated rings. The minimum Gasteiger partial charge on any atom is -0.336 e. The minimum atomic E-state index is 0.252. The fraction of sp³-hybridized carbons (Fsp3) is 0.818. The van der Waals surface area contributed by atoms with Crippen LogP contribution in [0.15, 0.2) is 4.52 Å². The Bertz CT molecular complexity index is 342. The Kier molecular flexibility index (Phi) is 3.14. The number of nitrogens with zero attached hydrogens (tertiary/aromatic N) is 3. The number of likely N-dealkylation sites (N-methyl/N-ethyl adjacent to an activating group) is 1. The van der Waals surface area contributed by atoms with Crippen LogP contribution in [0.25, 0.3) is 0 Å². The highest BCUT2D eigenvalue weighted by molar-refractivity contribution is 5.20. The number of aromatic nitrogens is 2. The van der Waals surface area contributed by atoms with Crippen molar-refractivity contribution in [3.8, 4) is 0 Å². The van der Waals surface area contributed by atoms with E-state index >= 15 is 0 Å². The van der Waals surface area contributed by atoms with Crippen LogP contribution in [-0.4, -0.2) is 41.2 Å². The van der Waals surface area contributed by atoms with Gasteiger partial charge in [0.1, 0.15) is 0 Å². The van der Waals surface area contributed by atoms with E-state index in [1.54, 1.807) is 0 Å². The first-order valence-electron chi connectivity index (χ1n) is 5.84. The SMILES string of the molecule is Cc1noc(NCC2(N(C)C)CCCC2)n1. The van der Waals surface area contributed by atoms with Crippen LogP contribution in [0.2, 0.25) is 0 Å². The maximum atomic E-state index is 5.06. The molecule has 0 atom stereocenters. The summed E-state index contributed by atoms with van der Waals surface area (Å²) in [6.45, 7) is 2.70. The summed E-state index contributed by atoms with van der Waals surface area (Å²) in [7, 11) is 4.29. The molecule has 1 aliphatic rings. The summed E-state index contributed by atoms with van der Waals surface area (Å²) < 4.78 is 5.06. The molecule has 0 amide bonds. The van der Waals surface area contributed by atoms with Gasteiger partial charge in [-0.3, -0.25) is 0 Å². The summed E-state index contributed by atoms with van der Waals surface area (Å²) in [5, 5.41) is 7.01. The fourth-order valence-corrected chi connectivity index (χ4v) is 2.42. The number of anilines is 1. The van der Waals surface area contributed by atoms with Gasteiger partial charge in [0, 0.05) is 12.1 Å². The maximum Gasteiger partial charge on any atom is 0.321 e.